The van der Waals surface area contributed by atoms with E-state index in [-0.39, 0.29) is 22.3 Å². The second-order valence-electron chi connectivity index (χ2n) is 4.41. The molecule has 116 valence electrons. The first-order valence-corrected chi connectivity index (χ1v) is 7.03. The second kappa shape index (κ2) is 8.05. The van der Waals surface area contributed by atoms with Crippen LogP contribution in [0.4, 0.5) is 14.9 Å². The van der Waals surface area contributed by atoms with Crippen molar-refractivity contribution >= 4 is 40.9 Å². The van der Waals surface area contributed by atoms with Crippen LogP contribution in [0.25, 0.3) is 0 Å². The van der Waals surface area contributed by atoms with Crippen LogP contribution in [-0.2, 0) is 4.79 Å². The lowest BCUT2D eigenvalue weighted by Gasteiger charge is -2.13. The lowest BCUT2D eigenvalue weighted by molar-refractivity contribution is -0.141. The number of carboxylic acid groups (broad SMARTS) is 1. The van der Waals surface area contributed by atoms with Crippen LogP contribution in [-0.4, -0.2) is 23.7 Å². The summed E-state index contributed by atoms with van der Waals surface area (Å²) in [6, 6.07) is 1.81. The van der Waals surface area contributed by atoms with E-state index in [1.165, 1.54) is 12.1 Å². The van der Waals surface area contributed by atoms with Gasteiger partial charge in [-0.05, 0) is 18.6 Å². The maximum Gasteiger partial charge on any atom is 0.319 e. The van der Waals surface area contributed by atoms with Gasteiger partial charge >= 0.3 is 12.0 Å². The molecule has 1 atom stereocenters. The SMILES string of the molecule is CCCC(CNC(=O)Nc1cc(Cl)c(F)c(Cl)c1)C(=O)O. The van der Waals surface area contributed by atoms with Gasteiger partial charge in [-0.1, -0.05) is 36.5 Å². The standard InChI is InChI=1S/C13H15Cl2FN2O3/c1-2-3-7(12(19)20)6-17-13(21)18-8-4-9(14)11(16)10(15)5-8/h4-5,7H,2-3,6H2,1H3,(H,19,20)(H2,17,18,21). The predicted octanol–water partition coefficient (Wildman–Crippen LogP) is 3.75. The number of carboxylic acids is 1. The molecular formula is C13H15Cl2FN2O3. The van der Waals surface area contributed by atoms with Crippen LogP contribution in [0.5, 0.6) is 0 Å². The monoisotopic (exact) mass is 336 g/mol. The van der Waals surface area contributed by atoms with Crippen molar-refractivity contribution < 1.29 is 19.1 Å². The summed E-state index contributed by atoms with van der Waals surface area (Å²) in [5, 5.41) is 13.4. The van der Waals surface area contributed by atoms with E-state index < -0.39 is 23.7 Å². The number of benzene rings is 1. The maximum atomic E-state index is 13.2. The van der Waals surface area contributed by atoms with E-state index in [1.54, 1.807) is 0 Å². The maximum absolute atomic E-state index is 13.2. The van der Waals surface area contributed by atoms with Crippen molar-refractivity contribution in [2.75, 3.05) is 11.9 Å². The van der Waals surface area contributed by atoms with Crippen molar-refractivity contribution in [1.29, 1.82) is 0 Å². The van der Waals surface area contributed by atoms with Crippen LogP contribution in [0.3, 0.4) is 0 Å². The van der Waals surface area contributed by atoms with Gasteiger partial charge in [0.1, 0.15) is 0 Å². The molecule has 3 N–H and O–H groups in total. The number of anilines is 1. The summed E-state index contributed by atoms with van der Waals surface area (Å²) in [6.45, 7) is 1.86. The minimum atomic E-state index is -0.968. The minimum absolute atomic E-state index is 0.00232. The fourth-order valence-electron chi connectivity index (χ4n) is 1.68. The zero-order valence-corrected chi connectivity index (χ0v) is 12.8. The van der Waals surface area contributed by atoms with E-state index in [9.17, 15) is 14.0 Å². The largest absolute Gasteiger partial charge is 0.481 e. The van der Waals surface area contributed by atoms with Gasteiger partial charge < -0.3 is 15.7 Å². The molecule has 0 aliphatic carbocycles. The topological polar surface area (TPSA) is 78.4 Å². The molecule has 0 saturated carbocycles. The number of nitrogens with one attached hydrogen (secondary N) is 2. The molecule has 1 aromatic rings. The van der Waals surface area contributed by atoms with Crippen molar-refractivity contribution in [3.8, 4) is 0 Å². The van der Waals surface area contributed by atoms with Gasteiger partial charge in [0.2, 0.25) is 0 Å². The molecule has 0 spiro atoms. The molecule has 5 nitrogen and oxygen atoms in total. The number of hydrogen-bond acceptors (Lipinski definition) is 2. The van der Waals surface area contributed by atoms with E-state index in [0.29, 0.717) is 12.8 Å². The molecule has 0 aromatic heterocycles. The third-order valence-electron chi connectivity index (χ3n) is 2.74. The Hall–Kier alpha value is -1.53. The summed E-state index contributed by atoms with van der Waals surface area (Å²) >= 11 is 11.2. The van der Waals surface area contributed by atoms with Gasteiger partial charge in [0.05, 0.1) is 16.0 Å². The van der Waals surface area contributed by atoms with E-state index in [1.807, 2.05) is 6.92 Å². The highest BCUT2D eigenvalue weighted by Crippen LogP contribution is 2.27. The molecule has 1 aromatic carbocycles. The highest BCUT2D eigenvalue weighted by molar-refractivity contribution is 6.35. The van der Waals surface area contributed by atoms with Gasteiger partial charge in [-0.2, -0.15) is 0 Å². The summed E-state index contributed by atoms with van der Waals surface area (Å²) in [4.78, 5) is 22.6. The Bertz CT molecular complexity index is 517. The molecule has 1 rings (SSSR count). The van der Waals surface area contributed by atoms with E-state index in [0.717, 1.165) is 0 Å². The highest BCUT2D eigenvalue weighted by Gasteiger charge is 2.17. The summed E-state index contributed by atoms with van der Waals surface area (Å²) in [6.07, 6.45) is 1.16. The minimum Gasteiger partial charge on any atom is -0.481 e. The third kappa shape index (κ3) is 5.40. The predicted molar refractivity (Wildman–Crippen MR) is 79.5 cm³/mol. The summed E-state index contributed by atoms with van der Waals surface area (Å²) < 4.78 is 13.2. The lowest BCUT2D eigenvalue weighted by atomic mass is 10.0. The normalized spacial score (nSPS) is 11.8. The number of urea groups is 1. The summed E-state index contributed by atoms with van der Waals surface area (Å²) in [7, 11) is 0. The second-order valence-corrected chi connectivity index (χ2v) is 5.23. The number of aliphatic carboxylic acids is 1. The number of carbonyl (C=O) groups excluding carboxylic acids is 1. The van der Waals surface area contributed by atoms with Crippen LogP contribution in [0.1, 0.15) is 19.8 Å². The van der Waals surface area contributed by atoms with Crippen molar-refractivity contribution in [3.05, 3.63) is 28.0 Å². The van der Waals surface area contributed by atoms with Crippen LogP contribution >= 0.6 is 23.2 Å². The number of hydrogen-bond donors (Lipinski definition) is 3. The Kier molecular flexibility index (Phi) is 6.71. The first-order valence-electron chi connectivity index (χ1n) is 6.27. The van der Waals surface area contributed by atoms with Crippen LogP contribution in [0, 0.1) is 11.7 Å². The van der Waals surface area contributed by atoms with Crippen LogP contribution in [0.15, 0.2) is 12.1 Å². The molecule has 21 heavy (non-hydrogen) atoms. The average molecular weight is 337 g/mol. The van der Waals surface area contributed by atoms with Crippen molar-refractivity contribution in [1.82, 2.24) is 5.32 Å². The first kappa shape index (κ1) is 17.5. The van der Waals surface area contributed by atoms with E-state index >= 15 is 0 Å². The molecular weight excluding hydrogens is 322 g/mol. The van der Waals surface area contributed by atoms with Gasteiger partial charge in [0, 0.05) is 12.2 Å². The first-order chi connectivity index (χ1) is 9.85. The smallest absolute Gasteiger partial charge is 0.319 e. The Morgan fingerprint density at radius 2 is 1.90 bits per heavy atom. The molecule has 0 aliphatic heterocycles. The molecule has 0 bridgehead atoms. The Labute approximate surface area is 131 Å². The molecule has 1 unspecified atom stereocenters. The van der Waals surface area contributed by atoms with Crippen molar-refractivity contribution in [2.45, 2.75) is 19.8 Å². The fourth-order valence-corrected chi connectivity index (χ4v) is 2.17. The molecule has 0 saturated heterocycles. The van der Waals surface area contributed by atoms with Gasteiger partial charge in [-0.15, -0.1) is 0 Å². The third-order valence-corrected chi connectivity index (χ3v) is 3.29. The van der Waals surface area contributed by atoms with Crippen molar-refractivity contribution in [2.24, 2.45) is 5.92 Å². The molecule has 0 heterocycles. The molecule has 2 amide bonds. The fraction of sp³-hybridized carbons (Fsp3) is 0.385. The van der Waals surface area contributed by atoms with Gasteiger partial charge in [0.15, 0.2) is 5.82 Å². The van der Waals surface area contributed by atoms with E-state index in [2.05, 4.69) is 10.6 Å². The Morgan fingerprint density at radius 3 is 2.38 bits per heavy atom. The van der Waals surface area contributed by atoms with Crippen molar-refractivity contribution in [3.63, 3.8) is 0 Å². The Morgan fingerprint density at radius 1 is 1.33 bits per heavy atom. The molecule has 0 radical (unpaired) electrons. The summed E-state index contributed by atoms with van der Waals surface area (Å²) in [5.41, 5.74) is 0.214. The average Bonchev–Trinajstić information content (AvgIpc) is 2.40. The number of rotatable bonds is 6. The quantitative estimate of drug-likeness (QED) is 0.692. The zero-order valence-electron chi connectivity index (χ0n) is 11.3. The number of carbonyl (C=O) groups is 2. The molecule has 0 aliphatic rings. The molecule has 8 heteroatoms. The number of amides is 2. The van der Waals surface area contributed by atoms with Gasteiger partial charge in [-0.3, -0.25) is 4.79 Å². The van der Waals surface area contributed by atoms with Gasteiger partial charge in [0.25, 0.3) is 0 Å². The van der Waals surface area contributed by atoms with Crippen LogP contribution < -0.4 is 10.6 Å². The number of halogens is 3. The summed E-state index contributed by atoms with van der Waals surface area (Å²) in [5.74, 6) is -2.38. The Balaban J connectivity index is 2.60. The lowest BCUT2D eigenvalue weighted by Crippen LogP contribution is -2.35. The molecule has 0 fully saturated rings. The van der Waals surface area contributed by atoms with Gasteiger partial charge in [-0.25, -0.2) is 9.18 Å². The highest BCUT2D eigenvalue weighted by atomic mass is 35.5. The zero-order chi connectivity index (χ0) is 16.0. The van der Waals surface area contributed by atoms with Crippen LogP contribution in [0.2, 0.25) is 10.0 Å². The van der Waals surface area contributed by atoms with E-state index in [4.69, 9.17) is 28.3 Å².